The van der Waals surface area contributed by atoms with Gasteiger partial charge in [0.15, 0.2) is 0 Å². The van der Waals surface area contributed by atoms with E-state index in [1.165, 1.54) is 37.3 Å². The van der Waals surface area contributed by atoms with E-state index in [0.717, 1.165) is 5.56 Å². The van der Waals surface area contributed by atoms with E-state index in [9.17, 15) is 12.8 Å². The quantitative estimate of drug-likeness (QED) is 0.839. The number of sulfonamides is 1. The average Bonchev–Trinajstić information content (AvgIpc) is 2.34. The smallest absolute Gasteiger partial charge is 0.235 e. The van der Waals surface area contributed by atoms with E-state index in [1.807, 2.05) is 6.92 Å². The number of alkyl halides is 1. The molecule has 0 radical (unpaired) electrons. The van der Waals surface area contributed by atoms with Gasteiger partial charge in [0.05, 0.1) is 10.6 Å². The molecule has 1 aromatic rings. The lowest BCUT2D eigenvalue weighted by atomic mass is 9.93. The minimum absolute atomic E-state index is 0.128. The molecule has 0 heterocycles. The number of hydrogen-bond acceptors (Lipinski definition) is 2. The van der Waals surface area contributed by atoms with Crippen LogP contribution in [0.3, 0.4) is 0 Å². The van der Waals surface area contributed by atoms with Crippen LogP contribution in [-0.4, -0.2) is 19.8 Å². The lowest BCUT2D eigenvalue weighted by Crippen LogP contribution is -2.21. The molecule has 1 aliphatic carbocycles. The Hall–Kier alpha value is -1.75. The first kappa shape index (κ1) is 14.7. The Morgan fingerprint density at radius 1 is 1.15 bits per heavy atom. The Morgan fingerprint density at radius 2 is 1.75 bits per heavy atom. The Labute approximate surface area is 118 Å². The summed E-state index contributed by atoms with van der Waals surface area (Å²) in [5.74, 6) is 0. The van der Waals surface area contributed by atoms with E-state index in [1.54, 1.807) is 19.1 Å². The molecule has 1 unspecified atom stereocenters. The van der Waals surface area contributed by atoms with Gasteiger partial charge in [0.25, 0.3) is 10.0 Å². The second-order valence-electron chi connectivity index (χ2n) is 5.04. The Morgan fingerprint density at radius 3 is 2.30 bits per heavy atom. The molecule has 0 bridgehead atoms. The zero-order valence-electron chi connectivity index (χ0n) is 11.6. The van der Waals surface area contributed by atoms with Gasteiger partial charge in [-0.25, -0.2) is 4.39 Å². The summed E-state index contributed by atoms with van der Waals surface area (Å²) in [5.41, 5.74) is 0.0845. The topological polar surface area (TPSA) is 46.5 Å². The van der Waals surface area contributed by atoms with Crippen molar-refractivity contribution in [3.8, 4) is 0 Å². The lowest BCUT2D eigenvalue weighted by Gasteiger charge is -2.20. The molecule has 0 amide bonds. The maximum absolute atomic E-state index is 13.9. The van der Waals surface area contributed by atoms with Crippen LogP contribution in [0, 0.1) is 6.92 Å². The van der Waals surface area contributed by atoms with Gasteiger partial charge in [0.1, 0.15) is 5.67 Å². The first-order valence-corrected chi connectivity index (χ1v) is 7.63. The van der Waals surface area contributed by atoms with Gasteiger partial charge in [-0.05, 0) is 56.7 Å². The Bertz CT molecular complexity index is 711. The fourth-order valence-electron chi connectivity index (χ4n) is 1.74. The molecule has 1 aliphatic rings. The molecule has 0 spiro atoms. The maximum atomic E-state index is 13.9. The molecule has 0 aromatic heterocycles. The summed E-state index contributed by atoms with van der Waals surface area (Å²) in [4.78, 5) is 0.128. The van der Waals surface area contributed by atoms with Crippen molar-refractivity contribution in [1.29, 1.82) is 0 Å². The summed E-state index contributed by atoms with van der Waals surface area (Å²) in [5, 5.41) is 0. The number of allylic oxidation sites excluding steroid dienone is 4. The number of nitrogens with zero attached hydrogens (tertiary/aromatic N) is 1. The van der Waals surface area contributed by atoms with E-state index < -0.39 is 15.7 Å². The van der Waals surface area contributed by atoms with Crippen LogP contribution < -0.4 is 0 Å². The molecule has 0 fully saturated rings. The maximum Gasteiger partial charge on any atom is 0.282 e. The molecule has 0 aliphatic heterocycles. The highest BCUT2D eigenvalue weighted by Crippen LogP contribution is 2.26. The van der Waals surface area contributed by atoms with Gasteiger partial charge in [-0.1, -0.05) is 17.7 Å². The monoisotopic (exact) mass is 293 g/mol. The SMILES string of the molecule is CC1=C/C(=N/S(=O)(=O)c2ccc(C)cc2)C=CC1(C)F. The van der Waals surface area contributed by atoms with E-state index in [0.29, 0.717) is 5.57 Å². The number of rotatable bonds is 2. The summed E-state index contributed by atoms with van der Waals surface area (Å²) in [6.07, 6.45) is 4.15. The summed E-state index contributed by atoms with van der Waals surface area (Å²) in [7, 11) is -3.77. The van der Waals surface area contributed by atoms with Crippen LogP contribution in [0.15, 0.2) is 57.4 Å². The summed E-state index contributed by atoms with van der Waals surface area (Å²) >= 11 is 0. The number of aryl methyl sites for hydroxylation is 1. The molecule has 2 rings (SSSR count). The molecule has 0 N–H and O–H groups in total. The van der Waals surface area contributed by atoms with Crippen LogP contribution in [0.2, 0.25) is 0 Å². The summed E-state index contributed by atoms with van der Waals surface area (Å²) < 4.78 is 41.9. The van der Waals surface area contributed by atoms with E-state index in [2.05, 4.69) is 4.40 Å². The summed E-state index contributed by atoms with van der Waals surface area (Å²) in [6.45, 7) is 4.90. The molecule has 106 valence electrons. The van der Waals surface area contributed by atoms with Crippen LogP contribution in [0.25, 0.3) is 0 Å². The van der Waals surface area contributed by atoms with Crippen molar-refractivity contribution >= 4 is 15.7 Å². The highest BCUT2D eigenvalue weighted by Gasteiger charge is 2.25. The van der Waals surface area contributed by atoms with Crippen molar-refractivity contribution in [2.45, 2.75) is 31.3 Å². The van der Waals surface area contributed by atoms with Crippen molar-refractivity contribution in [3.05, 3.63) is 53.6 Å². The van der Waals surface area contributed by atoms with Gasteiger partial charge < -0.3 is 0 Å². The molecule has 0 saturated heterocycles. The van der Waals surface area contributed by atoms with Crippen molar-refractivity contribution in [1.82, 2.24) is 0 Å². The van der Waals surface area contributed by atoms with Crippen molar-refractivity contribution < 1.29 is 12.8 Å². The van der Waals surface area contributed by atoms with Gasteiger partial charge in [0.2, 0.25) is 0 Å². The highest BCUT2D eigenvalue weighted by atomic mass is 32.2. The van der Waals surface area contributed by atoms with Crippen LogP contribution in [0.4, 0.5) is 4.39 Å². The number of hydrogen-bond donors (Lipinski definition) is 0. The fraction of sp³-hybridized carbons (Fsp3) is 0.267. The van der Waals surface area contributed by atoms with Gasteiger partial charge in [-0.2, -0.15) is 12.8 Å². The van der Waals surface area contributed by atoms with Gasteiger partial charge >= 0.3 is 0 Å². The molecule has 1 aromatic carbocycles. The zero-order valence-corrected chi connectivity index (χ0v) is 12.4. The molecule has 1 atom stereocenters. The predicted molar refractivity (Wildman–Crippen MR) is 78.2 cm³/mol. The minimum atomic E-state index is -3.77. The normalized spacial score (nSPS) is 24.8. The molecule has 3 nitrogen and oxygen atoms in total. The molecule has 20 heavy (non-hydrogen) atoms. The third kappa shape index (κ3) is 3.04. The third-order valence-corrected chi connectivity index (χ3v) is 4.57. The molecular weight excluding hydrogens is 277 g/mol. The second kappa shape index (κ2) is 4.98. The average molecular weight is 293 g/mol. The second-order valence-corrected chi connectivity index (χ2v) is 6.64. The Balaban J connectivity index is 2.38. The standard InChI is InChI=1S/C15H16FNO2S/c1-11-4-6-14(7-5-11)20(18,19)17-13-8-9-15(3,16)12(2)10-13/h4-10H,1-3H3/b17-13+. The first-order chi connectivity index (χ1) is 9.21. The minimum Gasteiger partial charge on any atom is -0.235 e. The lowest BCUT2D eigenvalue weighted by molar-refractivity contribution is 0.308. The summed E-state index contributed by atoms with van der Waals surface area (Å²) in [6, 6.07) is 6.45. The fourth-order valence-corrected chi connectivity index (χ4v) is 2.72. The van der Waals surface area contributed by atoms with Crippen molar-refractivity contribution in [2.75, 3.05) is 0 Å². The largest absolute Gasteiger partial charge is 0.282 e. The van der Waals surface area contributed by atoms with Crippen LogP contribution in [0.5, 0.6) is 0 Å². The van der Waals surface area contributed by atoms with E-state index in [4.69, 9.17) is 0 Å². The Kier molecular flexibility index (Phi) is 3.65. The van der Waals surface area contributed by atoms with Gasteiger partial charge in [-0.15, -0.1) is 0 Å². The molecular formula is C15H16FNO2S. The van der Waals surface area contributed by atoms with Gasteiger partial charge in [0, 0.05) is 0 Å². The van der Waals surface area contributed by atoms with E-state index in [-0.39, 0.29) is 10.6 Å². The highest BCUT2D eigenvalue weighted by molar-refractivity contribution is 7.90. The first-order valence-electron chi connectivity index (χ1n) is 6.19. The van der Waals surface area contributed by atoms with Crippen LogP contribution in [0.1, 0.15) is 19.4 Å². The van der Waals surface area contributed by atoms with Crippen molar-refractivity contribution in [2.24, 2.45) is 4.40 Å². The number of benzene rings is 1. The van der Waals surface area contributed by atoms with Crippen molar-refractivity contribution in [3.63, 3.8) is 0 Å². The van der Waals surface area contributed by atoms with Crippen LogP contribution >= 0.6 is 0 Å². The van der Waals surface area contributed by atoms with Crippen LogP contribution in [-0.2, 0) is 10.0 Å². The molecule has 0 saturated carbocycles. The number of halogens is 1. The van der Waals surface area contributed by atoms with Gasteiger partial charge in [-0.3, -0.25) is 0 Å². The zero-order chi connectivity index (χ0) is 15.0. The predicted octanol–water partition coefficient (Wildman–Crippen LogP) is 3.37. The van der Waals surface area contributed by atoms with E-state index >= 15 is 0 Å². The molecule has 5 heteroatoms. The third-order valence-electron chi connectivity index (χ3n) is 3.25.